The molecule has 29 heavy (non-hydrogen) atoms. The Morgan fingerprint density at radius 3 is 2.55 bits per heavy atom. The number of nitrogens with zero attached hydrogens (tertiary/aromatic N) is 2. The highest BCUT2D eigenvalue weighted by molar-refractivity contribution is 7.88. The van der Waals surface area contributed by atoms with E-state index in [2.05, 4.69) is 19.7 Å². The van der Waals surface area contributed by atoms with Crippen LogP contribution in [-0.4, -0.2) is 25.1 Å². The van der Waals surface area contributed by atoms with Gasteiger partial charge in [-0.05, 0) is 23.8 Å². The van der Waals surface area contributed by atoms with Crippen LogP contribution in [0, 0.1) is 0 Å². The molecule has 0 bridgehead atoms. The molecule has 1 aromatic heterocycles. The largest absolute Gasteiger partial charge is 0.534 e. The van der Waals surface area contributed by atoms with Gasteiger partial charge < -0.3 is 4.18 Å². The number of benzene rings is 2. The van der Waals surface area contributed by atoms with Gasteiger partial charge in [0.15, 0.2) is 5.75 Å². The van der Waals surface area contributed by atoms with E-state index in [0.29, 0.717) is 10.7 Å². The molecule has 1 N–H and O–H groups in total. The molecule has 0 saturated carbocycles. The van der Waals surface area contributed by atoms with Crippen molar-refractivity contribution in [1.29, 1.82) is 0 Å². The monoisotopic (exact) mass is 461 g/mol. The fourth-order valence-electron chi connectivity index (χ4n) is 2.06. The van der Waals surface area contributed by atoms with Crippen LogP contribution in [0.3, 0.4) is 0 Å². The minimum absolute atomic E-state index is 0.317. The third kappa shape index (κ3) is 5.25. The molecule has 0 unspecified atom stereocenters. The van der Waals surface area contributed by atoms with E-state index in [-0.39, 0.29) is 5.02 Å². The number of halogens is 4. The molecule has 0 amide bonds. The third-order valence-corrected chi connectivity index (χ3v) is 5.39. The van der Waals surface area contributed by atoms with Crippen molar-refractivity contribution in [3.8, 4) is 17.0 Å². The topological polar surface area (TPSA) is 80.7 Å². The number of aromatic nitrogens is 1. The molecule has 0 fully saturated rings. The van der Waals surface area contributed by atoms with Crippen LogP contribution in [0.15, 0.2) is 59.0 Å². The number of rotatable bonds is 6. The summed E-state index contributed by atoms with van der Waals surface area (Å²) < 4.78 is 63.2. The van der Waals surface area contributed by atoms with Crippen LogP contribution in [0.4, 0.5) is 18.3 Å². The number of nitrogens with one attached hydrogen (secondary N) is 1. The maximum Gasteiger partial charge on any atom is 0.534 e. The fraction of sp³-hybridized carbons (Fsp3) is 0.0588. The molecule has 0 aliphatic heterocycles. The van der Waals surface area contributed by atoms with E-state index in [1.54, 1.807) is 0 Å². The molecule has 0 aliphatic rings. The Hall–Kier alpha value is -2.63. The van der Waals surface area contributed by atoms with E-state index in [1.807, 2.05) is 35.7 Å². The number of anilines is 1. The number of thiazole rings is 1. The SMILES string of the molecule is O=S(=O)(Oc1ccc(C=NNc2nc(-c3ccccc3)cs2)cc1Cl)C(F)(F)F. The lowest BCUT2D eigenvalue weighted by Crippen LogP contribution is -2.28. The van der Waals surface area contributed by atoms with Gasteiger partial charge in [0.2, 0.25) is 5.13 Å². The molecule has 3 rings (SSSR count). The first-order chi connectivity index (χ1) is 13.7. The number of alkyl halides is 3. The van der Waals surface area contributed by atoms with Crippen LogP contribution in [0.2, 0.25) is 5.02 Å². The van der Waals surface area contributed by atoms with Crippen LogP contribution < -0.4 is 9.61 Å². The molecular weight excluding hydrogens is 451 g/mol. The molecule has 152 valence electrons. The number of hydrogen-bond acceptors (Lipinski definition) is 7. The Kier molecular flexibility index (Phi) is 6.10. The van der Waals surface area contributed by atoms with Crippen molar-refractivity contribution < 1.29 is 25.8 Å². The normalized spacial score (nSPS) is 12.3. The maximum absolute atomic E-state index is 12.4. The minimum atomic E-state index is -5.80. The Morgan fingerprint density at radius 1 is 1.17 bits per heavy atom. The van der Waals surface area contributed by atoms with Crippen molar-refractivity contribution in [2.24, 2.45) is 5.10 Å². The predicted octanol–water partition coefficient (Wildman–Crippen LogP) is 5.14. The van der Waals surface area contributed by atoms with Crippen molar-refractivity contribution in [3.63, 3.8) is 0 Å². The lowest BCUT2D eigenvalue weighted by Gasteiger charge is -2.10. The Bertz CT molecular complexity index is 1130. The zero-order valence-electron chi connectivity index (χ0n) is 14.2. The van der Waals surface area contributed by atoms with E-state index in [4.69, 9.17) is 11.6 Å². The van der Waals surface area contributed by atoms with Gasteiger partial charge in [-0.2, -0.15) is 26.7 Å². The lowest BCUT2D eigenvalue weighted by atomic mass is 10.2. The Labute approximate surface area is 172 Å². The molecule has 0 radical (unpaired) electrons. The molecule has 12 heteroatoms. The average molecular weight is 462 g/mol. The number of hydrazone groups is 1. The van der Waals surface area contributed by atoms with Crippen molar-refractivity contribution in [1.82, 2.24) is 4.98 Å². The lowest BCUT2D eigenvalue weighted by molar-refractivity contribution is -0.0500. The molecule has 1 heterocycles. The molecular formula is C17H11ClF3N3O3S2. The van der Waals surface area contributed by atoms with Gasteiger partial charge in [-0.3, -0.25) is 5.43 Å². The van der Waals surface area contributed by atoms with Gasteiger partial charge in [-0.25, -0.2) is 4.98 Å². The van der Waals surface area contributed by atoms with E-state index in [0.717, 1.165) is 17.3 Å². The molecule has 0 aliphatic carbocycles. The molecule has 3 aromatic rings. The van der Waals surface area contributed by atoms with E-state index >= 15 is 0 Å². The molecule has 6 nitrogen and oxygen atoms in total. The van der Waals surface area contributed by atoms with Crippen LogP contribution >= 0.6 is 22.9 Å². The summed E-state index contributed by atoms with van der Waals surface area (Å²) in [6.45, 7) is 0. The fourth-order valence-corrected chi connectivity index (χ4v) is 3.48. The van der Waals surface area contributed by atoms with Crippen LogP contribution in [0.5, 0.6) is 5.75 Å². The maximum atomic E-state index is 12.4. The van der Waals surface area contributed by atoms with Gasteiger partial charge in [0.25, 0.3) is 0 Å². The van der Waals surface area contributed by atoms with E-state index < -0.39 is 21.4 Å². The predicted molar refractivity (Wildman–Crippen MR) is 106 cm³/mol. The van der Waals surface area contributed by atoms with E-state index in [9.17, 15) is 21.6 Å². The summed E-state index contributed by atoms with van der Waals surface area (Å²) >= 11 is 7.14. The molecule has 0 atom stereocenters. The van der Waals surface area contributed by atoms with Crippen molar-refractivity contribution in [2.45, 2.75) is 5.51 Å². The highest BCUT2D eigenvalue weighted by Gasteiger charge is 2.48. The average Bonchev–Trinajstić information content (AvgIpc) is 3.12. The molecule has 0 spiro atoms. The van der Waals surface area contributed by atoms with Gasteiger partial charge in [0, 0.05) is 10.9 Å². The van der Waals surface area contributed by atoms with Crippen LogP contribution in [0.25, 0.3) is 11.3 Å². The summed E-state index contributed by atoms with van der Waals surface area (Å²) in [6, 6.07) is 13.1. The summed E-state index contributed by atoms with van der Waals surface area (Å²) in [5, 5.41) is 6.05. The summed E-state index contributed by atoms with van der Waals surface area (Å²) in [5.74, 6) is -0.637. The van der Waals surface area contributed by atoms with Gasteiger partial charge >= 0.3 is 15.6 Å². The van der Waals surface area contributed by atoms with E-state index in [1.165, 1.54) is 29.7 Å². The first-order valence-electron chi connectivity index (χ1n) is 7.76. The molecule has 0 saturated heterocycles. The summed E-state index contributed by atoms with van der Waals surface area (Å²) in [6.07, 6.45) is 1.34. The van der Waals surface area contributed by atoms with Crippen LogP contribution in [0.1, 0.15) is 5.56 Å². The first kappa shape index (κ1) is 21.1. The number of hydrogen-bond donors (Lipinski definition) is 1. The second-order valence-electron chi connectivity index (χ2n) is 5.45. The van der Waals surface area contributed by atoms with Crippen LogP contribution in [-0.2, 0) is 10.1 Å². The highest BCUT2D eigenvalue weighted by atomic mass is 35.5. The van der Waals surface area contributed by atoms with Crippen molar-refractivity contribution in [3.05, 3.63) is 64.5 Å². The minimum Gasteiger partial charge on any atom is -0.374 e. The molecule has 2 aromatic carbocycles. The van der Waals surface area contributed by atoms with Crippen molar-refractivity contribution >= 4 is 44.4 Å². The Morgan fingerprint density at radius 2 is 1.90 bits per heavy atom. The van der Waals surface area contributed by atoms with Gasteiger partial charge in [0.05, 0.1) is 16.9 Å². The zero-order valence-corrected chi connectivity index (χ0v) is 16.6. The standard InChI is InChI=1S/C17H11ClF3N3O3S2/c18-13-8-11(6-7-15(13)27-29(25,26)17(19,20)21)9-22-24-16-23-14(10-28-16)12-4-2-1-3-5-12/h1-10H,(H,23,24). The van der Waals surface area contributed by atoms with Crippen molar-refractivity contribution in [2.75, 3.05) is 5.43 Å². The zero-order chi connectivity index (χ0) is 21.1. The second-order valence-corrected chi connectivity index (χ2v) is 8.25. The summed E-state index contributed by atoms with van der Waals surface area (Å²) in [5.41, 5.74) is -0.677. The van der Waals surface area contributed by atoms with Gasteiger partial charge in [0.1, 0.15) is 0 Å². The summed E-state index contributed by atoms with van der Waals surface area (Å²) in [7, 11) is -5.80. The Balaban J connectivity index is 1.66. The van der Waals surface area contributed by atoms with Gasteiger partial charge in [-0.15, -0.1) is 11.3 Å². The highest BCUT2D eigenvalue weighted by Crippen LogP contribution is 2.31. The summed E-state index contributed by atoms with van der Waals surface area (Å²) in [4.78, 5) is 4.38. The third-order valence-electron chi connectivity index (χ3n) is 3.39. The first-order valence-corrected chi connectivity index (χ1v) is 10.4. The smallest absolute Gasteiger partial charge is 0.374 e. The quantitative estimate of drug-likeness (QED) is 0.238. The van der Waals surface area contributed by atoms with Gasteiger partial charge in [-0.1, -0.05) is 41.9 Å². The second kappa shape index (κ2) is 8.39.